The van der Waals surface area contributed by atoms with Gasteiger partial charge in [0.1, 0.15) is 5.82 Å². The van der Waals surface area contributed by atoms with Gasteiger partial charge in [-0.1, -0.05) is 6.92 Å². The van der Waals surface area contributed by atoms with Crippen LogP contribution in [0.4, 0.5) is 5.82 Å². The van der Waals surface area contributed by atoms with E-state index in [1.54, 1.807) is 6.20 Å². The van der Waals surface area contributed by atoms with Crippen molar-refractivity contribution in [3.8, 4) is 0 Å². The molecule has 98 valence electrons. The van der Waals surface area contributed by atoms with Gasteiger partial charge in [-0.15, -0.1) is 0 Å². The Balaban J connectivity index is 1.94. The Labute approximate surface area is 108 Å². The highest BCUT2D eigenvalue weighted by atomic mass is 16.1. The van der Waals surface area contributed by atoms with Crippen LogP contribution in [-0.4, -0.2) is 23.0 Å². The lowest BCUT2D eigenvalue weighted by Gasteiger charge is -2.39. The minimum atomic E-state index is -0.0215. The van der Waals surface area contributed by atoms with E-state index in [1.165, 1.54) is 6.42 Å². The molecule has 1 aliphatic rings. The van der Waals surface area contributed by atoms with E-state index < -0.39 is 0 Å². The zero-order valence-electron chi connectivity index (χ0n) is 11.1. The van der Waals surface area contributed by atoms with E-state index in [4.69, 9.17) is 0 Å². The van der Waals surface area contributed by atoms with Gasteiger partial charge < -0.3 is 10.6 Å². The number of pyridine rings is 1. The molecule has 0 aromatic carbocycles. The Kier molecular flexibility index (Phi) is 3.84. The van der Waals surface area contributed by atoms with Gasteiger partial charge in [-0.05, 0) is 44.7 Å². The maximum absolute atomic E-state index is 12.0. The number of hydrogen-bond donors (Lipinski definition) is 2. The Morgan fingerprint density at radius 2 is 2.22 bits per heavy atom. The highest BCUT2D eigenvalue weighted by Crippen LogP contribution is 2.31. The van der Waals surface area contributed by atoms with E-state index in [-0.39, 0.29) is 11.4 Å². The van der Waals surface area contributed by atoms with Crippen LogP contribution in [0.15, 0.2) is 18.3 Å². The molecule has 1 amide bonds. The third-order valence-electron chi connectivity index (χ3n) is 3.45. The zero-order chi connectivity index (χ0) is 13.0. The number of carbonyl (C=O) groups is 1. The molecule has 1 saturated carbocycles. The topological polar surface area (TPSA) is 54.0 Å². The molecular formula is C14H21N3O. The molecule has 18 heavy (non-hydrogen) atoms. The molecule has 1 fully saturated rings. The lowest BCUT2D eigenvalue weighted by molar-refractivity contribution is 0.0850. The summed E-state index contributed by atoms with van der Waals surface area (Å²) in [5, 5.41) is 6.26. The van der Waals surface area contributed by atoms with E-state index in [1.807, 2.05) is 12.1 Å². The second kappa shape index (κ2) is 5.38. The van der Waals surface area contributed by atoms with Crippen LogP contribution in [-0.2, 0) is 0 Å². The van der Waals surface area contributed by atoms with Crippen LogP contribution >= 0.6 is 0 Å². The van der Waals surface area contributed by atoms with Crippen LogP contribution in [0, 0.1) is 0 Å². The van der Waals surface area contributed by atoms with Gasteiger partial charge in [0.15, 0.2) is 0 Å². The molecule has 0 unspecified atom stereocenters. The van der Waals surface area contributed by atoms with Crippen LogP contribution in [0.25, 0.3) is 0 Å². The van der Waals surface area contributed by atoms with Gasteiger partial charge in [-0.25, -0.2) is 4.98 Å². The third-order valence-corrected chi connectivity index (χ3v) is 3.45. The Morgan fingerprint density at radius 1 is 1.44 bits per heavy atom. The molecule has 1 aromatic heterocycles. The molecular weight excluding hydrogens is 226 g/mol. The van der Waals surface area contributed by atoms with Crippen molar-refractivity contribution in [1.29, 1.82) is 0 Å². The van der Waals surface area contributed by atoms with Crippen molar-refractivity contribution in [3.63, 3.8) is 0 Å². The van der Waals surface area contributed by atoms with Crippen molar-refractivity contribution in [3.05, 3.63) is 23.9 Å². The smallest absolute Gasteiger partial charge is 0.253 e. The Bertz CT molecular complexity index is 410. The minimum absolute atomic E-state index is 0.00375. The first-order valence-corrected chi connectivity index (χ1v) is 6.65. The number of hydrogen-bond acceptors (Lipinski definition) is 3. The van der Waals surface area contributed by atoms with Gasteiger partial charge in [-0.2, -0.15) is 0 Å². The van der Waals surface area contributed by atoms with Crippen molar-refractivity contribution in [2.24, 2.45) is 0 Å². The van der Waals surface area contributed by atoms with Gasteiger partial charge in [0.25, 0.3) is 5.91 Å². The summed E-state index contributed by atoms with van der Waals surface area (Å²) < 4.78 is 0. The summed E-state index contributed by atoms with van der Waals surface area (Å²) in [6.07, 6.45) is 6.04. The number of rotatable bonds is 5. The Hall–Kier alpha value is -1.58. The average Bonchev–Trinajstić information content (AvgIpc) is 2.35. The number of nitrogens with one attached hydrogen (secondary N) is 2. The average molecular weight is 247 g/mol. The molecule has 2 N–H and O–H groups in total. The van der Waals surface area contributed by atoms with Gasteiger partial charge in [-0.3, -0.25) is 4.79 Å². The van der Waals surface area contributed by atoms with Crippen LogP contribution in [0.5, 0.6) is 0 Å². The fourth-order valence-electron chi connectivity index (χ4n) is 2.06. The van der Waals surface area contributed by atoms with Crippen molar-refractivity contribution >= 4 is 11.7 Å². The monoisotopic (exact) mass is 247 g/mol. The fraction of sp³-hybridized carbons (Fsp3) is 0.571. The standard InChI is InChI=1S/C14H21N3O/c1-3-9-15-12-6-5-11(10-16-12)13(18)17-14(2)7-4-8-14/h5-6,10H,3-4,7-9H2,1-2H3,(H,15,16)(H,17,18). The summed E-state index contributed by atoms with van der Waals surface area (Å²) in [5.74, 6) is 0.801. The summed E-state index contributed by atoms with van der Waals surface area (Å²) in [7, 11) is 0. The molecule has 0 radical (unpaired) electrons. The third kappa shape index (κ3) is 3.00. The van der Waals surface area contributed by atoms with E-state index >= 15 is 0 Å². The normalized spacial score (nSPS) is 16.8. The van der Waals surface area contributed by atoms with Gasteiger partial charge in [0, 0.05) is 18.3 Å². The molecule has 0 saturated heterocycles. The molecule has 0 spiro atoms. The summed E-state index contributed by atoms with van der Waals surface area (Å²) in [4.78, 5) is 16.2. The molecule has 4 nitrogen and oxygen atoms in total. The molecule has 0 bridgehead atoms. The van der Waals surface area contributed by atoms with Crippen LogP contribution in [0.3, 0.4) is 0 Å². The zero-order valence-corrected chi connectivity index (χ0v) is 11.1. The molecule has 0 aliphatic heterocycles. The molecule has 1 heterocycles. The lowest BCUT2D eigenvalue weighted by Crippen LogP contribution is -2.50. The van der Waals surface area contributed by atoms with E-state index in [9.17, 15) is 4.79 Å². The summed E-state index contributed by atoms with van der Waals surface area (Å²) in [6, 6.07) is 3.68. The molecule has 2 rings (SSSR count). The van der Waals surface area contributed by atoms with Crippen molar-refractivity contribution < 1.29 is 4.79 Å². The first-order valence-electron chi connectivity index (χ1n) is 6.65. The quantitative estimate of drug-likeness (QED) is 0.840. The number of nitrogens with zero attached hydrogens (tertiary/aromatic N) is 1. The van der Waals surface area contributed by atoms with Crippen molar-refractivity contribution in [2.45, 2.75) is 45.1 Å². The molecule has 0 atom stereocenters. The number of aromatic nitrogens is 1. The van der Waals surface area contributed by atoms with Crippen molar-refractivity contribution in [2.75, 3.05) is 11.9 Å². The maximum Gasteiger partial charge on any atom is 0.253 e. The van der Waals surface area contributed by atoms with E-state index in [0.29, 0.717) is 5.56 Å². The van der Waals surface area contributed by atoms with Crippen molar-refractivity contribution in [1.82, 2.24) is 10.3 Å². The predicted molar refractivity (Wildman–Crippen MR) is 72.7 cm³/mol. The highest BCUT2D eigenvalue weighted by molar-refractivity contribution is 5.94. The SMILES string of the molecule is CCCNc1ccc(C(=O)NC2(C)CCC2)cn1. The first-order chi connectivity index (χ1) is 8.63. The number of anilines is 1. The van der Waals surface area contributed by atoms with E-state index in [2.05, 4.69) is 29.5 Å². The second-order valence-corrected chi connectivity index (χ2v) is 5.23. The summed E-state index contributed by atoms with van der Waals surface area (Å²) in [6.45, 7) is 5.10. The number of amides is 1. The molecule has 4 heteroatoms. The fourth-order valence-corrected chi connectivity index (χ4v) is 2.06. The summed E-state index contributed by atoms with van der Waals surface area (Å²) in [5.41, 5.74) is 0.626. The van der Waals surface area contributed by atoms with Crippen LogP contribution in [0.2, 0.25) is 0 Å². The molecule has 1 aliphatic carbocycles. The van der Waals surface area contributed by atoms with Gasteiger partial charge >= 0.3 is 0 Å². The van der Waals surface area contributed by atoms with E-state index in [0.717, 1.165) is 31.6 Å². The Morgan fingerprint density at radius 3 is 2.72 bits per heavy atom. The van der Waals surface area contributed by atoms with Gasteiger partial charge in [0.05, 0.1) is 5.56 Å². The highest BCUT2D eigenvalue weighted by Gasteiger charge is 2.33. The second-order valence-electron chi connectivity index (χ2n) is 5.23. The van der Waals surface area contributed by atoms with Crippen LogP contribution in [0.1, 0.15) is 49.9 Å². The maximum atomic E-state index is 12.0. The largest absolute Gasteiger partial charge is 0.370 e. The molecule has 1 aromatic rings. The predicted octanol–water partition coefficient (Wildman–Crippen LogP) is 2.58. The number of carbonyl (C=O) groups excluding carboxylic acids is 1. The first kappa shape index (κ1) is 12.9. The van der Waals surface area contributed by atoms with Crippen LogP contribution < -0.4 is 10.6 Å². The lowest BCUT2D eigenvalue weighted by atomic mass is 9.78. The summed E-state index contributed by atoms with van der Waals surface area (Å²) >= 11 is 0. The minimum Gasteiger partial charge on any atom is -0.370 e. The van der Waals surface area contributed by atoms with Gasteiger partial charge in [0.2, 0.25) is 0 Å².